The summed E-state index contributed by atoms with van der Waals surface area (Å²) in [6.45, 7) is 1.86. The Labute approximate surface area is 153 Å². The number of hydrogen-bond acceptors (Lipinski definition) is 4. The molecule has 0 amide bonds. The maximum Gasteiger partial charge on any atom is 0.298 e. The van der Waals surface area contributed by atoms with Crippen molar-refractivity contribution in [3.05, 3.63) is 102 Å². The minimum Gasteiger partial charge on any atom is -0.291 e. The van der Waals surface area contributed by atoms with E-state index in [0.717, 1.165) is 5.56 Å². The lowest BCUT2D eigenvalue weighted by atomic mass is 10.0. The van der Waals surface area contributed by atoms with E-state index in [2.05, 4.69) is 0 Å². The average Bonchev–Trinajstić information content (AvgIpc) is 2.67. The van der Waals surface area contributed by atoms with Gasteiger partial charge in [0.1, 0.15) is 0 Å². The number of hydrogen-bond donors (Lipinski definition) is 0. The second kappa shape index (κ2) is 7.64. The highest BCUT2D eigenvalue weighted by molar-refractivity contribution is 7.86. The molecule has 0 heterocycles. The molecule has 1 atom stereocenters. The monoisotopic (exact) mass is 366 g/mol. The average molecular weight is 366 g/mol. The molecule has 0 radical (unpaired) electrons. The Hall–Kier alpha value is -2.76. The van der Waals surface area contributed by atoms with Crippen LogP contribution in [-0.4, -0.2) is 14.2 Å². The minimum atomic E-state index is -4.10. The van der Waals surface area contributed by atoms with Gasteiger partial charge in [-0.1, -0.05) is 78.4 Å². The van der Waals surface area contributed by atoms with E-state index in [0.29, 0.717) is 11.1 Å². The normalized spacial score (nSPS) is 12.5. The molecule has 4 nitrogen and oxygen atoms in total. The molecule has 0 aliphatic rings. The second-order valence-electron chi connectivity index (χ2n) is 5.88. The minimum absolute atomic E-state index is 0.0184. The molecule has 0 unspecified atom stereocenters. The van der Waals surface area contributed by atoms with Gasteiger partial charge in [0.2, 0.25) is 0 Å². The van der Waals surface area contributed by atoms with Crippen LogP contribution >= 0.6 is 0 Å². The molecule has 3 aromatic rings. The number of rotatable bonds is 6. The van der Waals surface area contributed by atoms with E-state index in [9.17, 15) is 13.2 Å². The van der Waals surface area contributed by atoms with Crippen LogP contribution < -0.4 is 0 Å². The van der Waals surface area contributed by atoms with Crippen LogP contribution in [0.15, 0.2) is 89.8 Å². The van der Waals surface area contributed by atoms with E-state index >= 15 is 0 Å². The fraction of sp³-hybridized carbons (Fsp3) is 0.0952. The van der Waals surface area contributed by atoms with E-state index in [1.165, 1.54) is 12.1 Å². The topological polar surface area (TPSA) is 60.4 Å². The summed E-state index contributed by atoms with van der Waals surface area (Å²) in [5, 5.41) is 0. The van der Waals surface area contributed by atoms with Crippen LogP contribution in [-0.2, 0) is 14.3 Å². The number of benzene rings is 3. The first-order chi connectivity index (χ1) is 12.5. The van der Waals surface area contributed by atoms with Gasteiger partial charge < -0.3 is 0 Å². The summed E-state index contributed by atoms with van der Waals surface area (Å²) >= 11 is 0. The lowest BCUT2D eigenvalue weighted by Gasteiger charge is -2.17. The zero-order chi connectivity index (χ0) is 18.6. The third-order valence-corrected chi connectivity index (χ3v) is 5.23. The molecule has 0 N–H and O–H groups in total. The Morgan fingerprint density at radius 2 is 1.35 bits per heavy atom. The molecule has 132 valence electrons. The van der Waals surface area contributed by atoms with Crippen LogP contribution in [0.25, 0.3) is 0 Å². The molecule has 0 aromatic heterocycles. The van der Waals surface area contributed by atoms with Crippen molar-refractivity contribution < 1.29 is 17.4 Å². The highest BCUT2D eigenvalue weighted by Gasteiger charge is 2.29. The molecule has 0 bridgehead atoms. The molecule has 26 heavy (non-hydrogen) atoms. The number of aryl methyl sites for hydroxylation is 1. The summed E-state index contributed by atoms with van der Waals surface area (Å²) in [6, 6.07) is 23.5. The molecule has 0 fully saturated rings. The second-order valence-corrected chi connectivity index (χ2v) is 7.46. The largest absolute Gasteiger partial charge is 0.298 e. The van der Waals surface area contributed by atoms with Crippen LogP contribution in [0.5, 0.6) is 0 Å². The van der Waals surface area contributed by atoms with Crippen LogP contribution in [0.4, 0.5) is 0 Å². The van der Waals surface area contributed by atoms with Crippen LogP contribution in [0.3, 0.4) is 0 Å². The zero-order valence-corrected chi connectivity index (χ0v) is 15.0. The van der Waals surface area contributed by atoms with E-state index in [-0.39, 0.29) is 4.90 Å². The van der Waals surface area contributed by atoms with Crippen LogP contribution in [0.2, 0.25) is 0 Å². The highest BCUT2D eigenvalue weighted by Crippen LogP contribution is 2.27. The lowest BCUT2D eigenvalue weighted by molar-refractivity contribution is 0.0801. The summed E-state index contributed by atoms with van der Waals surface area (Å²) in [5.41, 5.74) is 1.81. The SMILES string of the molecule is Cc1ccc(S(=O)(=O)O[C@H](C(=O)c2ccccc2)c2ccccc2)cc1. The van der Waals surface area contributed by atoms with Gasteiger partial charge >= 0.3 is 0 Å². The molecule has 5 heteroatoms. The molecule has 3 aromatic carbocycles. The first-order valence-corrected chi connectivity index (χ1v) is 9.52. The third kappa shape index (κ3) is 4.07. The predicted molar refractivity (Wildman–Crippen MR) is 99.4 cm³/mol. The van der Waals surface area contributed by atoms with Crippen molar-refractivity contribution in [2.45, 2.75) is 17.9 Å². The molecule has 0 aliphatic carbocycles. The van der Waals surface area contributed by atoms with Crippen molar-refractivity contribution in [1.82, 2.24) is 0 Å². The third-order valence-electron chi connectivity index (χ3n) is 3.93. The number of ketones is 1. The van der Waals surface area contributed by atoms with Gasteiger partial charge in [0.05, 0.1) is 4.90 Å². The smallest absolute Gasteiger partial charge is 0.291 e. The summed E-state index contributed by atoms with van der Waals surface area (Å²) in [4.78, 5) is 12.9. The lowest BCUT2D eigenvalue weighted by Crippen LogP contribution is -2.20. The Balaban J connectivity index is 1.99. The zero-order valence-electron chi connectivity index (χ0n) is 14.2. The van der Waals surface area contributed by atoms with Gasteiger partial charge in [-0.05, 0) is 24.6 Å². The van der Waals surface area contributed by atoms with Gasteiger partial charge in [-0.15, -0.1) is 0 Å². The Morgan fingerprint density at radius 3 is 1.92 bits per heavy atom. The van der Waals surface area contributed by atoms with Crippen LogP contribution in [0.1, 0.15) is 27.6 Å². The quantitative estimate of drug-likeness (QED) is 0.481. The standard InChI is InChI=1S/C21H18O4S/c1-16-12-14-19(15-13-16)26(23,24)25-21(18-10-6-3-7-11-18)20(22)17-8-4-2-5-9-17/h2-15,21H,1H3/t21-/m0/s1. The van der Waals surface area contributed by atoms with Crippen LogP contribution in [0, 0.1) is 6.92 Å². The van der Waals surface area contributed by atoms with Gasteiger partial charge in [0, 0.05) is 5.56 Å². The summed E-state index contributed by atoms with van der Waals surface area (Å²) in [5.74, 6) is -0.410. The van der Waals surface area contributed by atoms with Gasteiger partial charge in [-0.25, -0.2) is 4.18 Å². The first-order valence-electron chi connectivity index (χ1n) is 8.11. The van der Waals surface area contributed by atoms with Crippen molar-refractivity contribution in [3.63, 3.8) is 0 Å². The molecular formula is C21H18O4S. The summed E-state index contributed by atoms with van der Waals surface area (Å²) in [7, 11) is -4.10. The molecule has 3 rings (SSSR count). The number of carbonyl (C=O) groups is 1. The van der Waals surface area contributed by atoms with Crippen molar-refractivity contribution in [3.8, 4) is 0 Å². The number of Topliss-reactive ketones (excluding diaryl/α,β-unsaturated/α-hetero) is 1. The summed E-state index contributed by atoms with van der Waals surface area (Å²) in [6.07, 6.45) is -1.25. The van der Waals surface area contributed by atoms with E-state index in [1.54, 1.807) is 72.8 Å². The van der Waals surface area contributed by atoms with Crippen molar-refractivity contribution >= 4 is 15.9 Å². The van der Waals surface area contributed by atoms with Crippen molar-refractivity contribution in [2.24, 2.45) is 0 Å². The maximum absolute atomic E-state index is 12.9. The fourth-order valence-corrected chi connectivity index (χ4v) is 3.55. The predicted octanol–water partition coefficient (Wildman–Crippen LogP) is 4.32. The Kier molecular flexibility index (Phi) is 5.30. The fourth-order valence-electron chi connectivity index (χ4n) is 2.52. The molecule has 0 aliphatic heterocycles. The maximum atomic E-state index is 12.9. The van der Waals surface area contributed by atoms with E-state index < -0.39 is 22.0 Å². The number of carbonyl (C=O) groups excluding carboxylic acids is 1. The Bertz CT molecular complexity index is 979. The summed E-state index contributed by atoms with van der Waals surface area (Å²) < 4.78 is 30.8. The molecular weight excluding hydrogens is 348 g/mol. The molecule has 0 saturated carbocycles. The van der Waals surface area contributed by atoms with Crippen molar-refractivity contribution in [1.29, 1.82) is 0 Å². The van der Waals surface area contributed by atoms with E-state index in [1.807, 2.05) is 6.92 Å². The van der Waals surface area contributed by atoms with Gasteiger partial charge in [-0.3, -0.25) is 4.79 Å². The van der Waals surface area contributed by atoms with Crippen molar-refractivity contribution in [2.75, 3.05) is 0 Å². The van der Waals surface area contributed by atoms with Gasteiger partial charge in [0.15, 0.2) is 11.9 Å². The highest BCUT2D eigenvalue weighted by atomic mass is 32.2. The van der Waals surface area contributed by atoms with E-state index in [4.69, 9.17) is 4.18 Å². The Morgan fingerprint density at radius 1 is 0.808 bits per heavy atom. The molecule has 0 saturated heterocycles. The first kappa shape index (κ1) is 18.0. The van der Waals surface area contributed by atoms with Gasteiger partial charge in [-0.2, -0.15) is 8.42 Å². The van der Waals surface area contributed by atoms with Gasteiger partial charge in [0.25, 0.3) is 10.1 Å². The molecule has 0 spiro atoms.